The van der Waals surface area contributed by atoms with Gasteiger partial charge in [-0.2, -0.15) is 0 Å². The summed E-state index contributed by atoms with van der Waals surface area (Å²) < 4.78 is 23.8. The number of amides is 1. The summed E-state index contributed by atoms with van der Waals surface area (Å²) in [4.78, 5) is 37.9. The van der Waals surface area contributed by atoms with Gasteiger partial charge in [-0.3, -0.25) is 14.3 Å². The molecule has 0 atom stereocenters. The van der Waals surface area contributed by atoms with E-state index in [-0.39, 0.29) is 17.0 Å². The molecule has 0 saturated carbocycles. The van der Waals surface area contributed by atoms with Crippen LogP contribution in [0.4, 0.5) is 5.69 Å². The number of hydrogen-bond donors (Lipinski definition) is 1. The van der Waals surface area contributed by atoms with E-state index in [0.717, 1.165) is 0 Å². The Bertz CT molecular complexity index is 1230. The minimum absolute atomic E-state index is 0.0604. The molecule has 1 aromatic heterocycles. The van der Waals surface area contributed by atoms with Crippen molar-refractivity contribution in [1.82, 2.24) is 9.36 Å². The van der Waals surface area contributed by atoms with E-state index < -0.39 is 24.0 Å². The van der Waals surface area contributed by atoms with Crippen molar-refractivity contribution in [3.63, 3.8) is 0 Å². The largest absolute Gasteiger partial charge is 0.496 e. The first kappa shape index (κ1) is 23.5. The van der Waals surface area contributed by atoms with Crippen LogP contribution in [-0.4, -0.2) is 49.2 Å². The Morgan fingerprint density at radius 2 is 1.55 bits per heavy atom. The van der Waals surface area contributed by atoms with Crippen molar-refractivity contribution in [2.24, 2.45) is 7.05 Å². The summed E-state index contributed by atoms with van der Waals surface area (Å²) >= 11 is 0. The second-order valence-corrected chi connectivity index (χ2v) is 6.97. The van der Waals surface area contributed by atoms with E-state index in [9.17, 15) is 14.4 Å². The minimum atomic E-state index is -0.797. The van der Waals surface area contributed by atoms with Gasteiger partial charge in [0.2, 0.25) is 0 Å². The topological polar surface area (TPSA) is 110 Å². The molecule has 10 heteroatoms. The van der Waals surface area contributed by atoms with Gasteiger partial charge < -0.3 is 24.3 Å². The predicted octanol–water partition coefficient (Wildman–Crippen LogP) is 2.31. The third kappa shape index (κ3) is 4.69. The second kappa shape index (κ2) is 9.94. The molecular formula is C23H25N3O7. The molecule has 1 heterocycles. The van der Waals surface area contributed by atoms with Crippen LogP contribution < -0.4 is 25.1 Å². The maximum absolute atomic E-state index is 12.9. The van der Waals surface area contributed by atoms with E-state index in [1.807, 2.05) is 18.2 Å². The van der Waals surface area contributed by atoms with Crippen molar-refractivity contribution >= 4 is 17.6 Å². The summed E-state index contributed by atoms with van der Waals surface area (Å²) in [7, 11) is 5.98. The molecule has 0 saturated heterocycles. The lowest BCUT2D eigenvalue weighted by Crippen LogP contribution is -2.26. The smallest absolute Gasteiger partial charge is 0.342 e. The summed E-state index contributed by atoms with van der Waals surface area (Å²) in [5, 5.41) is 2.54. The van der Waals surface area contributed by atoms with Gasteiger partial charge in [0.25, 0.3) is 11.5 Å². The van der Waals surface area contributed by atoms with Crippen LogP contribution >= 0.6 is 0 Å². The van der Waals surface area contributed by atoms with E-state index in [2.05, 4.69) is 5.32 Å². The van der Waals surface area contributed by atoms with Crippen molar-refractivity contribution in [2.75, 3.05) is 33.3 Å². The standard InChI is InChI=1S/C23H25N3O7/c1-14-21(22(28)26(25(14)2)15-9-7-6-8-10-15)24-20(27)13-33-23(29)16-11-18(31-4)19(32-5)12-17(16)30-3/h6-12H,13H2,1-5H3,(H,24,27). The van der Waals surface area contributed by atoms with Crippen LogP contribution in [0.25, 0.3) is 5.69 Å². The predicted molar refractivity (Wildman–Crippen MR) is 121 cm³/mol. The van der Waals surface area contributed by atoms with E-state index in [0.29, 0.717) is 22.9 Å². The van der Waals surface area contributed by atoms with Crippen molar-refractivity contribution < 1.29 is 28.5 Å². The van der Waals surface area contributed by atoms with E-state index in [4.69, 9.17) is 18.9 Å². The molecule has 0 fully saturated rings. The molecular weight excluding hydrogens is 430 g/mol. The van der Waals surface area contributed by atoms with Gasteiger partial charge in [-0.1, -0.05) is 18.2 Å². The molecule has 1 N–H and O–H groups in total. The van der Waals surface area contributed by atoms with E-state index in [1.54, 1.807) is 30.8 Å². The molecule has 0 aliphatic rings. The average molecular weight is 455 g/mol. The fourth-order valence-electron chi connectivity index (χ4n) is 3.29. The van der Waals surface area contributed by atoms with Crippen LogP contribution in [0, 0.1) is 6.92 Å². The molecule has 0 bridgehead atoms. The number of ether oxygens (including phenoxy) is 4. The molecule has 174 valence electrons. The monoisotopic (exact) mass is 455 g/mol. The molecule has 10 nitrogen and oxygen atoms in total. The summed E-state index contributed by atoms with van der Waals surface area (Å²) in [6, 6.07) is 11.9. The molecule has 2 aromatic carbocycles. The summed E-state index contributed by atoms with van der Waals surface area (Å²) in [6.45, 7) is 1.10. The summed E-state index contributed by atoms with van der Waals surface area (Å²) in [5.41, 5.74) is 0.962. The lowest BCUT2D eigenvalue weighted by Gasteiger charge is -2.13. The molecule has 1 amide bonds. The van der Waals surface area contributed by atoms with Crippen LogP contribution in [0.15, 0.2) is 47.3 Å². The van der Waals surface area contributed by atoms with Crippen molar-refractivity contribution in [3.8, 4) is 22.9 Å². The van der Waals surface area contributed by atoms with Gasteiger partial charge in [-0.25, -0.2) is 9.48 Å². The highest BCUT2D eigenvalue weighted by Gasteiger charge is 2.22. The van der Waals surface area contributed by atoms with Gasteiger partial charge in [-0.05, 0) is 19.1 Å². The lowest BCUT2D eigenvalue weighted by atomic mass is 10.1. The van der Waals surface area contributed by atoms with Gasteiger partial charge >= 0.3 is 5.97 Å². The number of para-hydroxylation sites is 1. The average Bonchev–Trinajstić information content (AvgIpc) is 3.04. The number of anilines is 1. The Morgan fingerprint density at radius 1 is 0.939 bits per heavy atom. The number of rotatable bonds is 8. The van der Waals surface area contributed by atoms with Gasteiger partial charge in [0.1, 0.15) is 17.0 Å². The quantitative estimate of drug-likeness (QED) is 0.519. The number of methoxy groups -OCH3 is 3. The number of aromatic nitrogens is 2. The molecule has 33 heavy (non-hydrogen) atoms. The highest BCUT2D eigenvalue weighted by Crippen LogP contribution is 2.34. The van der Waals surface area contributed by atoms with Crippen molar-refractivity contribution in [1.29, 1.82) is 0 Å². The molecule has 3 aromatic rings. The molecule has 3 rings (SSSR count). The zero-order valence-electron chi connectivity index (χ0n) is 19.0. The number of hydrogen-bond acceptors (Lipinski definition) is 7. The fraction of sp³-hybridized carbons (Fsp3) is 0.261. The number of nitrogens with zero attached hydrogens (tertiary/aromatic N) is 2. The maximum atomic E-state index is 12.9. The Morgan fingerprint density at radius 3 is 2.15 bits per heavy atom. The van der Waals surface area contributed by atoms with Crippen LogP contribution in [0.3, 0.4) is 0 Å². The van der Waals surface area contributed by atoms with Gasteiger partial charge in [0.15, 0.2) is 18.1 Å². The third-order valence-corrected chi connectivity index (χ3v) is 5.08. The summed E-state index contributed by atoms with van der Waals surface area (Å²) in [5.74, 6) is -0.583. The molecule has 0 aliphatic heterocycles. The normalized spacial score (nSPS) is 10.5. The van der Waals surface area contributed by atoms with Crippen molar-refractivity contribution in [3.05, 3.63) is 64.1 Å². The number of nitrogens with one attached hydrogen (secondary N) is 1. The van der Waals surface area contributed by atoms with Crippen LogP contribution in [0.5, 0.6) is 17.2 Å². The Hall–Kier alpha value is -4.21. The Balaban J connectivity index is 1.76. The fourth-order valence-corrected chi connectivity index (χ4v) is 3.29. The Kier molecular flexibility index (Phi) is 7.07. The number of carbonyl (C=O) groups excluding carboxylic acids is 2. The first-order chi connectivity index (χ1) is 15.8. The second-order valence-electron chi connectivity index (χ2n) is 6.97. The Labute approximate surface area is 190 Å². The van der Waals surface area contributed by atoms with Crippen LogP contribution in [0.1, 0.15) is 16.1 Å². The van der Waals surface area contributed by atoms with Crippen LogP contribution in [-0.2, 0) is 16.6 Å². The first-order valence-corrected chi connectivity index (χ1v) is 9.93. The number of benzene rings is 2. The van der Waals surface area contributed by atoms with E-state index >= 15 is 0 Å². The highest BCUT2D eigenvalue weighted by atomic mass is 16.5. The minimum Gasteiger partial charge on any atom is -0.496 e. The molecule has 0 unspecified atom stereocenters. The third-order valence-electron chi connectivity index (χ3n) is 5.08. The highest BCUT2D eigenvalue weighted by molar-refractivity contribution is 5.97. The van der Waals surface area contributed by atoms with Gasteiger partial charge in [0, 0.05) is 19.2 Å². The SMILES string of the molecule is COc1cc(OC)c(C(=O)OCC(=O)Nc2c(C)n(C)n(-c3ccccc3)c2=O)cc1OC. The van der Waals surface area contributed by atoms with E-state index in [1.165, 1.54) is 38.1 Å². The number of esters is 1. The van der Waals surface area contributed by atoms with Crippen LogP contribution in [0.2, 0.25) is 0 Å². The summed E-state index contributed by atoms with van der Waals surface area (Å²) in [6.07, 6.45) is 0. The maximum Gasteiger partial charge on any atom is 0.342 e. The van der Waals surface area contributed by atoms with Crippen molar-refractivity contribution in [2.45, 2.75) is 6.92 Å². The molecule has 0 spiro atoms. The zero-order valence-corrected chi connectivity index (χ0v) is 19.0. The number of carbonyl (C=O) groups is 2. The zero-order chi connectivity index (χ0) is 24.1. The molecule has 0 radical (unpaired) electrons. The van der Waals surface area contributed by atoms with Gasteiger partial charge in [0.05, 0.1) is 32.7 Å². The lowest BCUT2D eigenvalue weighted by molar-refractivity contribution is -0.119. The first-order valence-electron chi connectivity index (χ1n) is 9.93. The molecule has 0 aliphatic carbocycles. The van der Waals surface area contributed by atoms with Gasteiger partial charge in [-0.15, -0.1) is 0 Å².